The topological polar surface area (TPSA) is 88.5 Å². The zero-order valence-electron chi connectivity index (χ0n) is 13.2. The van der Waals surface area contributed by atoms with Crippen molar-refractivity contribution in [3.8, 4) is 16.3 Å². The molecule has 6 nitrogen and oxygen atoms in total. The molecule has 1 heterocycles. The van der Waals surface area contributed by atoms with Crippen LogP contribution in [0.1, 0.15) is 28.9 Å². The van der Waals surface area contributed by atoms with E-state index in [1.165, 1.54) is 11.3 Å². The predicted molar refractivity (Wildman–Crippen MR) is 90.3 cm³/mol. The number of hydrogen-bond donors (Lipinski definition) is 2. The van der Waals surface area contributed by atoms with E-state index >= 15 is 0 Å². The van der Waals surface area contributed by atoms with Crippen molar-refractivity contribution in [3.05, 3.63) is 35.3 Å². The summed E-state index contributed by atoms with van der Waals surface area (Å²) in [5.41, 5.74) is 0.923. The minimum absolute atomic E-state index is 0.0786. The molecule has 3 rings (SSSR count). The summed E-state index contributed by atoms with van der Waals surface area (Å²) in [6, 6.07) is 7.41. The van der Waals surface area contributed by atoms with Crippen molar-refractivity contribution in [3.63, 3.8) is 0 Å². The Kier molecular flexibility index (Phi) is 4.80. The second-order valence-electron chi connectivity index (χ2n) is 5.78. The molecule has 0 saturated heterocycles. The fraction of sp³-hybridized carbons (Fsp3) is 0.353. The van der Waals surface area contributed by atoms with Crippen molar-refractivity contribution in [2.45, 2.75) is 25.3 Å². The first-order valence-corrected chi connectivity index (χ1v) is 8.52. The first-order chi connectivity index (χ1) is 11.6. The van der Waals surface area contributed by atoms with Gasteiger partial charge in [0.25, 0.3) is 5.91 Å². The molecule has 2 N–H and O–H groups in total. The number of aliphatic carboxylic acids is 1. The maximum atomic E-state index is 12.3. The Balaban J connectivity index is 1.64. The summed E-state index contributed by atoms with van der Waals surface area (Å²) in [7, 11) is 1.61. The number of aromatic nitrogens is 1. The van der Waals surface area contributed by atoms with E-state index in [1.54, 1.807) is 13.3 Å². The molecular formula is C17H18N2O4S. The molecule has 0 aliphatic heterocycles. The van der Waals surface area contributed by atoms with Gasteiger partial charge >= 0.3 is 5.97 Å². The molecule has 1 aromatic carbocycles. The Hall–Kier alpha value is -2.41. The molecule has 0 bridgehead atoms. The van der Waals surface area contributed by atoms with Crippen molar-refractivity contribution in [2.24, 2.45) is 5.92 Å². The lowest BCUT2D eigenvalue weighted by Crippen LogP contribution is -2.32. The van der Waals surface area contributed by atoms with Crippen molar-refractivity contribution in [1.29, 1.82) is 0 Å². The summed E-state index contributed by atoms with van der Waals surface area (Å²) in [5, 5.41) is 12.7. The lowest BCUT2D eigenvalue weighted by atomic mass is 10.1. The quantitative estimate of drug-likeness (QED) is 0.869. The van der Waals surface area contributed by atoms with Gasteiger partial charge in [-0.25, -0.2) is 4.98 Å². The molecule has 7 heteroatoms. The maximum Gasteiger partial charge on any atom is 0.306 e. The fourth-order valence-corrected chi connectivity index (χ4v) is 3.66. The normalized spacial score (nSPS) is 19.9. The summed E-state index contributed by atoms with van der Waals surface area (Å²) in [6.07, 6.45) is 3.36. The summed E-state index contributed by atoms with van der Waals surface area (Å²) in [4.78, 5) is 28.1. The number of nitrogens with one attached hydrogen (secondary N) is 1. The molecule has 1 aliphatic carbocycles. The van der Waals surface area contributed by atoms with Crippen LogP contribution in [0, 0.1) is 5.92 Å². The molecule has 0 unspecified atom stereocenters. The van der Waals surface area contributed by atoms with Gasteiger partial charge in [-0.05, 0) is 43.5 Å². The van der Waals surface area contributed by atoms with Gasteiger partial charge in [0.1, 0.15) is 15.6 Å². The van der Waals surface area contributed by atoms with Crippen LogP contribution in [0.2, 0.25) is 0 Å². The third-order valence-corrected chi connectivity index (χ3v) is 5.23. The second-order valence-corrected chi connectivity index (χ2v) is 6.81. The maximum absolute atomic E-state index is 12.3. The number of carboxylic acids is 1. The van der Waals surface area contributed by atoms with E-state index in [0.717, 1.165) is 16.3 Å². The number of benzene rings is 1. The molecule has 1 fully saturated rings. The van der Waals surface area contributed by atoms with E-state index in [1.807, 2.05) is 24.3 Å². The SMILES string of the molecule is COc1ccc(-c2ncc(C(=O)N[C@H]3CC[C@@H](C(=O)O)C3)s2)cc1. The molecule has 1 saturated carbocycles. The lowest BCUT2D eigenvalue weighted by molar-refractivity contribution is -0.141. The highest BCUT2D eigenvalue weighted by atomic mass is 32.1. The van der Waals surface area contributed by atoms with Crippen LogP contribution in [-0.4, -0.2) is 35.1 Å². The number of carboxylic acid groups (broad SMARTS) is 1. The van der Waals surface area contributed by atoms with Crippen LogP contribution in [-0.2, 0) is 4.79 Å². The van der Waals surface area contributed by atoms with Crippen molar-refractivity contribution in [1.82, 2.24) is 10.3 Å². The lowest BCUT2D eigenvalue weighted by Gasteiger charge is -2.10. The van der Waals surface area contributed by atoms with E-state index in [2.05, 4.69) is 10.3 Å². The molecule has 1 aromatic heterocycles. The van der Waals surface area contributed by atoms with Crippen LogP contribution < -0.4 is 10.1 Å². The van der Waals surface area contributed by atoms with E-state index in [4.69, 9.17) is 9.84 Å². The molecule has 126 valence electrons. The fourth-order valence-electron chi connectivity index (χ4n) is 2.84. The highest BCUT2D eigenvalue weighted by Crippen LogP contribution is 2.28. The smallest absolute Gasteiger partial charge is 0.306 e. The van der Waals surface area contributed by atoms with Crippen LogP contribution >= 0.6 is 11.3 Å². The number of amides is 1. The average molecular weight is 346 g/mol. The summed E-state index contributed by atoms with van der Waals surface area (Å²) in [6.45, 7) is 0. The van der Waals surface area contributed by atoms with Crippen LogP contribution in [0.25, 0.3) is 10.6 Å². The number of carbonyl (C=O) groups excluding carboxylic acids is 1. The van der Waals surface area contributed by atoms with Gasteiger partial charge in [0.2, 0.25) is 0 Å². The number of ether oxygens (including phenoxy) is 1. The number of rotatable bonds is 5. The van der Waals surface area contributed by atoms with E-state index in [9.17, 15) is 9.59 Å². The standard InChI is InChI=1S/C17H18N2O4S/c1-23-13-6-3-10(4-7-13)16-18-9-14(24-16)15(20)19-12-5-2-11(8-12)17(21)22/h3-4,6-7,9,11-12H,2,5,8H2,1H3,(H,19,20)(H,21,22)/t11-,12+/m1/s1. The van der Waals surface area contributed by atoms with Gasteiger partial charge in [0, 0.05) is 11.6 Å². The van der Waals surface area contributed by atoms with Crippen LogP contribution in [0.4, 0.5) is 0 Å². The van der Waals surface area contributed by atoms with E-state index in [0.29, 0.717) is 24.1 Å². The molecule has 0 radical (unpaired) electrons. The Labute approximate surface area is 143 Å². The molecule has 0 spiro atoms. The third-order valence-electron chi connectivity index (χ3n) is 4.18. The first kappa shape index (κ1) is 16.4. The predicted octanol–water partition coefficient (Wildman–Crippen LogP) is 2.80. The Morgan fingerprint density at radius 3 is 2.67 bits per heavy atom. The molecular weight excluding hydrogens is 328 g/mol. The molecule has 24 heavy (non-hydrogen) atoms. The third kappa shape index (κ3) is 3.56. The minimum atomic E-state index is -0.786. The molecule has 2 atom stereocenters. The van der Waals surface area contributed by atoms with Gasteiger partial charge in [-0.2, -0.15) is 0 Å². The molecule has 1 amide bonds. The number of nitrogens with zero attached hydrogens (tertiary/aromatic N) is 1. The van der Waals surface area contributed by atoms with E-state index < -0.39 is 5.97 Å². The van der Waals surface area contributed by atoms with Crippen LogP contribution in [0.5, 0.6) is 5.75 Å². The van der Waals surface area contributed by atoms with Crippen LogP contribution in [0.15, 0.2) is 30.5 Å². The van der Waals surface area contributed by atoms with Crippen molar-refractivity contribution < 1.29 is 19.4 Å². The number of thiazole rings is 1. The molecule has 1 aliphatic rings. The number of carbonyl (C=O) groups is 2. The summed E-state index contributed by atoms with van der Waals surface area (Å²) in [5.74, 6) is -0.566. The highest BCUT2D eigenvalue weighted by Gasteiger charge is 2.30. The van der Waals surface area contributed by atoms with Gasteiger partial charge in [-0.1, -0.05) is 0 Å². The van der Waals surface area contributed by atoms with Crippen molar-refractivity contribution >= 4 is 23.2 Å². The summed E-state index contributed by atoms with van der Waals surface area (Å²) < 4.78 is 5.13. The minimum Gasteiger partial charge on any atom is -0.497 e. The highest BCUT2D eigenvalue weighted by molar-refractivity contribution is 7.16. The van der Waals surface area contributed by atoms with Gasteiger partial charge in [0.05, 0.1) is 19.2 Å². The summed E-state index contributed by atoms with van der Waals surface area (Å²) >= 11 is 1.32. The van der Waals surface area contributed by atoms with Gasteiger partial charge in [-0.15, -0.1) is 11.3 Å². The number of methoxy groups -OCH3 is 1. The van der Waals surface area contributed by atoms with Gasteiger partial charge < -0.3 is 15.2 Å². The zero-order valence-corrected chi connectivity index (χ0v) is 14.0. The molecule has 2 aromatic rings. The van der Waals surface area contributed by atoms with Gasteiger partial charge in [-0.3, -0.25) is 9.59 Å². The Bertz CT molecular complexity index is 741. The Morgan fingerprint density at radius 1 is 1.29 bits per heavy atom. The number of hydrogen-bond acceptors (Lipinski definition) is 5. The van der Waals surface area contributed by atoms with Crippen molar-refractivity contribution in [2.75, 3.05) is 7.11 Å². The van der Waals surface area contributed by atoms with E-state index in [-0.39, 0.29) is 17.9 Å². The average Bonchev–Trinajstić information content (AvgIpc) is 3.24. The Morgan fingerprint density at radius 2 is 2.04 bits per heavy atom. The largest absolute Gasteiger partial charge is 0.497 e. The first-order valence-electron chi connectivity index (χ1n) is 7.70. The second kappa shape index (κ2) is 7.00. The van der Waals surface area contributed by atoms with Gasteiger partial charge in [0.15, 0.2) is 0 Å². The zero-order chi connectivity index (χ0) is 17.1. The monoisotopic (exact) mass is 346 g/mol. The van der Waals surface area contributed by atoms with Crippen LogP contribution in [0.3, 0.4) is 0 Å².